The molecule has 17 heavy (non-hydrogen) atoms. The summed E-state index contributed by atoms with van der Waals surface area (Å²) in [5.41, 5.74) is 0.370. The molecule has 2 nitrogen and oxygen atoms in total. The Morgan fingerprint density at radius 3 is 2.29 bits per heavy atom. The second-order valence-corrected chi connectivity index (χ2v) is 6.40. The van der Waals surface area contributed by atoms with Gasteiger partial charge in [0, 0.05) is 12.6 Å². The van der Waals surface area contributed by atoms with E-state index in [1.165, 1.54) is 38.9 Å². The average molecular weight is 240 g/mol. The van der Waals surface area contributed by atoms with E-state index in [0.717, 1.165) is 12.5 Å². The molecule has 1 N–H and O–H groups in total. The van der Waals surface area contributed by atoms with Crippen molar-refractivity contribution in [3.8, 4) is 0 Å². The minimum atomic E-state index is 0.370. The third-order valence-corrected chi connectivity index (χ3v) is 4.60. The zero-order valence-corrected chi connectivity index (χ0v) is 12.6. The Morgan fingerprint density at radius 1 is 1.24 bits per heavy atom. The molecule has 0 amide bonds. The van der Waals surface area contributed by atoms with Crippen molar-refractivity contribution in [1.82, 2.24) is 10.2 Å². The van der Waals surface area contributed by atoms with Crippen LogP contribution < -0.4 is 5.32 Å². The summed E-state index contributed by atoms with van der Waals surface area (Å²) in [7, 11) is 0. The summed E-state index contributed by atoms with van der Waals surface area (Å²) >= 11 is 0. The van der Waals surface area contributed by atoms with Crippen molar-refractivity contribution >= 4 is 0 Å². The van der Waals surface area contributed by atoms with Gasteiger partial charge in [0.2, 0.25) is 0 Å². The van der Waals surface area contributed by atoms with Crippen molar-refractivity contribution in [2.75, 3.05) is 26.2 Å². The molecule has 1 heterocycles. The van der Waals surface area contributed by atoms with E-state index in [4.69, 9.17) is 0 Å². The molecule has 1 rings (SSSR count). The molecular formula is C15H32N2. The second kappa shape index (κ2) is 6.75. The van der Waals surface area contributed by atoms with Crippen LogP contribution in [0.5, 0.6) is 0 Å². The van der Waals surface area contributed by atoms with E-state index < -0.39 is 0 Å². The summed E-state index contributed by atoms with van der Waals surface area (Å²) in [6.45, 7) is 16.6. The van der Waals surface area contributed by atoms with Gasteiger partial charge < -0.3 is 10.2 Å². The van der Waals surface area contributed by atoms with Gasteiger partial charge in [-0.1, -0.05) is 34.1 Å². The number of hydrogen-bond donors (Lipinski definition) is 1. The van der Waals surface area contributed by atoms with Crippen LogP contribution in [0.15, 0.2) is 0 Å². The van der Waals surface area contributed by atoms with Crippen LogP contribution in [-0.2, 0) is 0 Å². The smallest absolute Gasteiger partial charge is 0.0102 e. The Balaban J connectivity index is 2.38. The van der Waals surface area contributed by atoms with Crippen LogP contribution in [0.4, 0.5) is 0 Å². The zero-order valence-electron chi connectivity index (χ0n) is 12.6. The summed E-state index contributed by atoms with van der Waals surface area (Å²) < 4.78 is 0. The number of likely N-dealkylation sites (tertiary alicyclic amines) is 1. The highest BCUT2D eigenvalue weighted by Gasteiger charge is 2.29. The van der Waals surface area contributed by atoms with Gasteiger partial charge in [0.05, 0.1) is 0 Å². The molecule has 0 radical (unpaired) electrons. The molecule has 0 aromatic heterocycles. The van der Waals surface area contributed by atoms with Gasteiger partial charge >= 0.3 is 0 Å². The molecule has 1 aliphatic rings. The summed E-state index contributed by atoms with van der Waals surface area (Å²) in [5.74, 6) is 0.987. The van der Waals surface area contributed by atoms with Gasteiger partial charge in [-0.15, -0.1) is 0 Å². The molecule has 1 fully saturated rings. The normalized spacial score (nSPS) is 21.7. The monoisotopic (exact) mass is 240 g/mol. The molecule has 2 heteroatoms. The SMILES string of the molecule is CCNC(C)C(C)(C)CN1CCC(CC)CC1. The molecule has 0 spiro atoms. The van der Waals surface area contributed by atoms with E-state index in [1.807, 2.05) is 0 Å². The van der Waals surface area contributed by atoms with Crippen LogP contribution in [0.1, 0.15) is 53.9 Å². The number of nitrogens with zero attached hydrogens (tertiary/aromatic N) is 1. The Morgan fingerprint density at radius 2 is 1.82 bits per heavy atom. The predicted molar refractivity (Wildman–Crippen MR) is 76.4 cm³/mol. The maximum absolute atomic E-state index is 3.57. The van der Waals surface area contributed by atoms with Crippen LogP contribution in [-0.4, -0.2) is 37.1 Å². The molecule has 0 aromatic rings. The molecule has 1 atom stereocenters. The van der Waals surface area contributed by atoms with E-state index in [9.17, 15) is 0 Å². The second-order valence-electron chi connectivity index (χ2n) is 6.40. The van der Waals surface area contributed by atoms with E-state index in [0.29, 0.717) is 11.5 Å². The van der Waals surface area contributed by atoms with Gasteiger partial charge in [-0.05, 0) is 50.7 Å². The summed E-state index contributed by atoms with van der Waals surface area (Å²) in [4.78, 5) is 2.67. The van der Waals surface area contributed by atoms with Gasteiger partial charge in [-0.3, -0.25) is 0 Å². The molecular weight excluding hydrogens is 208 g/mol. The molecule has 0 aliphatic carbocycles. The van der Waals surface area contributed by atoms with E-state index in [-0.39, 0.29) is 0 Å². The fourth-order valence-corrected chi connectivity index (χ4v) is 2.85. The molecule has 1 saturated heterocycles. The quantitative estimate of drug-likeness (QED) is 0.767. The minimum absolute atomic E-state index is 0.370. The first-order chi connectivity index (χ1) is 7.99. The van der Waals surface area contributed by atoms with E-state index in [1.54, 1.807) is 0 Å². The molecule has 102 valence electrons. The van der Waals surface area contributed by atoms with E-state index in [2.05, 4.69) is 44.8 Å². The van der Waals surface area contributed by atoms with Crippen molar-refractivity contribution in [2.45, 2.75) is 59.9 Å². The summed E-state index contributed by atoms with van der Waals surface area (Å²) in [6, 6.07) is 0.594. The van der Waals surface area contributed by atoms with Gasteiger partial charge in [0.1, 0.15) is 0 Å². The van der Waals surface area contributed by atoms with Crippen molar-refractivity contribution < 1.29 is 0 Å². The first kappa shape index (κ1) is 15.0. The Kier molecular flexibility index (Phi) is 5.94. The summed E-state index contributed by atoms with van der Waals surface area (Å²) in [5, 5.41) is 3.57. The lowest BCUT2D eigenvalue weighted by molar-refractivity contribution is 0.106. The Bertz CT molecular complexity index is 205. The van der Waals surface area contributed by atoms with Crippen LogP contribution in [0.25, 0.3) is 0 Å². The first-order valence-corrected chi connectivity index (χ1v) is 7.45. The third-order valence-electron chi connectivity index (χ3n) is 4.60. The predicted octanol–water partition coefficient (Wildman–Crippen LogP) is 3.13. The fraction of sp³-hybridized carbons (Fsp3) is 1.00. The zero-order chi connectivity index (χ0) is 12.9. The maximum atomic E-state index is 3.57. The highest BCUT2D eigenvalue weighted by molar-refractivity contribution is 4.85. The number of piperidine rings is 1. The lowest BCUT2D eigenvalue weighted by Gasteiger charge is -2.40. The number of hydrogen-bond acceptors (Lipinski definition) is 2. The Hall–Kier alpha value is -0.0800. The molecule has 0 aromatic carbocycles. The molecule has 0 bridgehead atoms. The lowest BCUT2D eigenvalue weighted by Crippen LogP contribution is -2.48. The van der Waals surface area contributed by atoms with Gasteiger partial charge in [-0.25, -0.2) is 0 Å². The number of nitrogens with one attached hydrogen (secondary N) is 1. The van der Waals surface area contributed by atoms with Crippen LogP contribution in [0.2, 0.25) is 0 Å². The topological polar surface area (TPSA) is 15.3 Å². The van der Waals surface area contributed by atoms with Crippen LogP contribution >= 0.6 is 0 Å². The van der Waals surface area contributed by atoms with Crippen molar-refractivity contribution in [3.63, 3.8) is 0 Å². The van der Waals surface area contributed by atoms with Crippen molar-refractivity contribution in [2.24, 2.45) is 11.3 Å². The van der Waals surface area contributed by atoms with Crippen molar-refractivity contribution in [3.05, 3.63) is 0 Å². The van der Waals surface area contributed by atoms with E-state index >= 15 is 0 Å². The standard InChI is InChI=1S/C15H32N2/c1-6-14-8-10-17(11-9-14)12-15(4,5)13(3)16-7-2/h13-14,16H,6-12H2,1-5H3. The molecule has 1 unspecified atom stereocenters. The van der Waals surface area contributed by atoms with Gasteiger partial charge in [0.25, 0.3) is 0 Å². The highest BCUT2D eigenvalue weighted by atomic mass is 15.1. The third kappa shape index (κ3) is 4.59. The number of rotatable bonds is 6. The molecule has 1 aliphatic heterocycles. The van der Waals surface area contributed by atoms with Gasteiger partial charge in [-0.2, -0.15) is 0 Å². The van der Waals surface area contributed by atoms with Gasteiger partial charge in [0.15, 0.2) is 0 Å². The summed E-state index contributed by atoms with van der Waals surface area (Å²) in [6.07, 6.45) is 4.18. The highest BCUT2D eigenvalue weighted by Crippen LogP contribution is 2.26. The average Bonchev–Trinajstić information content (AvgIpc) is 2.30. The molecule has 0 saturated carbocycles. The van der Waals surface area contributed by atoms with Crippen molar-refractivity contribution in [1.29, 1.82) is 0 Å². The van der Waals surface area contributed by atoms with Crippen LogP contribution in [0, 0.1) is 11.3 Å². The minimum Gasteiger partial charge on any atom is -0.314 e. The maximum Gasteiger partial charge on any atom is 0.0102 e. The fourth-order valence-electron chi connectivity index (χ4n) is 2.85. The van der Waals surface area contributed by atoms with Crippen LogP contribution in [0.3, 0.4) is 0 Å². The largest absolute Gasteiger partial charge is 0.314 e. The first-order valence-electron chi connectivity index (χ1n) is 7.45. The lowest BCUT2D eigenvalue weighted by atomic mass is 9.83. The Labute approximate surface area is 108 Å².